The van der Waals surface area contributed by atoms with Crippen LogP contribution in [0.1, 0.15) is 12.8 Å². The third-order valence-electron chi connectivity index (χ3n) is 4.19. The number of amides is 2. The zero-order chi connectivity index (χ0) is 15.7. The van der Waals surface area contributed by atoms with Gasteiger partial charge in [-0.05, 0) is 25.0 Å². The maximum atomic E-state index is 12.4. The summed E-state index contributed by atoms with van der Waals surface area (Å²) in [6, 6.07) is 7.38. The van der Waals surface area contributed by atoms with Crippen LogP contribution in [0.4, 0.5) is 5.69 Å². The average Bonchev–Trinajstić information content (AvgIpc) is 2.76. The molecule has 0 radical (unpaired) electrons. The predicted octanol–water partition coefficient (Wildman–Crippen LogP) is 2.58. The lowest BCUT2D eigenvalue weighted by molar-refractivity contribution is -0.139. The lowest BCUT2D eigenvalue weighted by Gasteiger charge is -2.18. The van der Waals surface area contributed by atoms with Crippen LogP contribution in [-0.2, 0) is 9.59 Å². The summed E-state index contributed by atoms with van der Waals surface area (Å²) in [5.41, 5.74) is 0.747. The Morgan fingerprint density at radius 3 is 2.77 bits per heavy atom. The Morgan fingerprint density at radius 2 is 2.00 bits per heavy atom. The quantitative estimate of drug-likeness (QED) is 0.866. The van der Waals surface area contributed by atoms with Crippen LogP contribution < -0.4 is 10.1 Å². The molecule has 1 aromatic carbocycles. The standard InChI is InChI=1S/C16H17ClN2O3/c1-22-14-5-3-2-4-13(14)18-9-19-15(20)11-7-6-10(17)8-12(11)16(19)21/h2-6,11-12,18H,7-9H2,1H3/t11-,12+/m0/s1. The summed E-state index contributed by atoms with van der Waals surface area (Å²) in [6.07, 6.45) is 2.84. The van der Waals surface area contributed by atoms with Gasteiger partial charge in [-0.25, -0.2) is 0 Å². The number of carbonyl (C=O) groups excluding carboxylic acids is 2. The summed E-state index contributed by atoms with van der Waals surface area (Å²) in [7, 11) is 1.58. The number of anilines is 1. The van der Waals surface area contributed by atoms with Crippen LogP contribution in [-0.4, -0.2) is 30.5 Å². The molecular weight excluding hydrogens is 304 g/mol. The first-order valence-corrected chi connectivity index (χ1v) is 7.56. The van der Waals surface area contributed by atoms with E-state index in [2.05, 4.69) is 5.32 Å². The summed E-state index contributed by atoms with van der Waals surface area (Å²) in [5.74, 6) is -0.191. The summed E-state index contributed by atoms with van der Waals surface area (Å²) in [5, 5.41) is 3.77. The molecule has 116 valence electrons. The fourth-order valence-corrected chi connectivity index (χ4v) is 3.26. The number of rotatable bonds is 4. The summed E-state index contributed by atoms with van der Waals surface area (Å²) in [6.45, 7) is 0.142. The van der Waals surface area contributed by atoms with E-state index in [1.807, 2.05) is 30.3 Å². The lowest BCUT2D eigenvalue weighted by atomic mass is 9.85. The van der Waals surface area contributed by atoms with Crippen molar-refractivity contribution < 1.29 is 14.3 Å². The molecule has 1 saturated heterocycles. The maximum Gasteiger partial charge on any atom is 0.234 e. The number of nitrogens with zero attached hydrogens (tertiary/aromatic N) is 1. The Morgan fingerprint density at radius 1 is 1.27 bits per heavy atom. The molecular formula is C16H17ClN2O3. The van der Waals surface area contributed by atoms with Crippen molar-refractivity contribution in [1.29, 1.82) is 0 Å². The summed E-state index contributed by atoms with van der Waals surface area (Å²) in [4.78, 5) is 26.1. The molecule has 2 amide bonds. The lowest BCUT2D eigenvalue weighted by Crippen LogP contribution is -2.35. The molecule has 0 bridgehead atoms. The van der Waals surface area contributed by atoms with Crippen molar-refractivity contribution in [2.24, 2.45) is 11.8 Å². The van der Waals surface area contributed by atoms with Gasteiger partial charge >= 0.3 is 0 Å². The van der Waals surface area contributed by atoms with Gasteiger partial charge in [-0.2, -0.15) is 0 Å². The molecule has 0 saturated carbocycles. The molecule has 1 aromatic rings. The topological polar surface area (TPSA) is 58.6 Å². The largest absolute Gasteiger partial charge is 0.495 e. The van der Waals surface area contributed by atoms with Crippen molar-refractivity contribution in [3.05, 3.63) is 35.4 Å². The predicted molar refractivity (Wildman–Crippen MR) is 83.5 cm³/mol. The molecule has 1 aliphatic heterocycles. The molecule has 1 heterocycles. The van der Waals surface area contributed by atoms with E-state index in [0.717, 1.165) is 5.69 Å². The van der Waals surface area contributed by atoms with Gasteiger partial charge in [0.15, 0.2) is 0 Å². The van der Waals surface area contributed by atoms with Gasteiger partial charge in [0.1, 0.15) is 5.75 Å². The van der Waals surface area contributed by atoms with E-state index in [-0.39, 0.29) is 30.3 Å². The molecule has 1 N–H and O–H groups in total. The number of carbonyl (C=O) groups is 2. The van der Waals surface area contributed by atoms with Crippen LogP contribution in [0.3, 0.4) is 0 Å². The molecule has 2 aliphatic rings. The Kier molecular flexibility index (Phi) is 4.07. The molecule has 5 nitrogen and oxygen atoms in total. The normalized spacial score (nSPS) is 24.1. The van der Waals surface area contributed by atoms with Crippen LogP contribution in [0.2, 0.25) is 0 Å². The van der Waals surface area contributed by atoms with Gasteiger partial charge in [-0.1, -0.05) is 29.8 Å². The number of fused-ring (bicyclic) bond motifs is 1. The smallest absolute Gasteiger partial charge is 0.234 e. The minimum Gasteiger partial charge on any atom is -0.495 e. The number of hydrogen-bond donors (Lipinski definition) is 1. The fraction of sp³-hybridized carbons (Fsp3) is 0.375. The Bertz CT molecular complexity index is 644. The Labute approximate surface area is 133 Å². The monoisotopic (exact) mass is 320 g/mol. The van der Waals surface area contributed by atoms with E-state index >= 15 is 0 Å². The van der Waals surface area contributed by atoms with E-state index in [1.54, 1.807) is 7.11 Å². The second kappa shape index (κ2) is 6.01. The Balaban J connectivity index is 1.71. The molecule has 2 atom stereocenters. The van der Waals surface area contributed by atoms with Crippen LogP contribution in [0.5, 0.6) is 5.75 Å². The number of para-hydroxylation sites is 2. The number of likely N-dealkylation sites (tertiary alicyclic amines) is 1. The Hall–Kier alpha value is -2.01. The molecule has 0 unspecified atom stereocenters. The van der Waals surface area contributed by atoms with Crippen molar-refractivity contribution in [2.45, 2.75) is 12.8 Å². The highest BCUT2D eigenvalue weighted by atomic mass is 35.5. The molecule has 3 rings (SSSR count). The van der Waals surface area contributed by atoms with Gasteiger partial charge in [-0.3, -0.25) is 14.5 Å². The first-order valence-electron chi connectivity index (χ1n) is 7.18. The van der Waals surface area contributed by atoms with E-state index < -0.39 is 0 Å². The van der Waals surface area contributed by atoms with Crippen molar-refractivity contribution >= 4 is 29.1 Å². The van der Waals surface area contributed by atoms with Crippen LogP contribution in [0, 0.1) is 11.8 Å². The van der Waals surface area contributed by atoms with E-state index in [0.29, 0.717) is 23.6 Å². The molecule has 22 heavy (non-hydrogen) atoms. The molecule has 1 aliphatic carbocycles. The molecule has 6 heteroatoms. The van der Waals surface area contributed by atoms with Crippen LogP contribution >= 0.6 is 11.6 Å². The third-order valence-corrected chi connectivity index (χ3v) is 4.50. The van der Waals surface area contributed by atoms with E-state index in [4.69, 9.17) is 16.3 Å². The van der Waals surface area contributed by atoms with Gasteiger partial charge in [0, 0.05) is 5.03 Å². The molecule has 1 fully saturated rings. The first kappa shape index (κ1) is 14.9. The van der Waals surface area contributed by atoms with Crippen LogP contribution in [0.25, 0.3) is 0 Å². The highest BCUT2D eigenvalue weighted by Crippen LogP contribution is 2.38. The SMILES string of the molecule is COc1ccccc1NCN1C(=O)[C@H]2CC=C(Cl)C[C@H]2C1=O. The summed E-state index contributed by atoms with van der Waals surface area (Å²) < 4.78 is 5.25. The average molecular weight is 321 g/mol. The fourth-order valence-electron chi connectivity index (χ4n) is 3.01. The van der Waals surface area contributed by atoms with Gasteiger partial charge in [-0.15, -0.1) is 0 Å². The second-order valence-corrected chi connectivity index (χ2v) is 5.93. The third kappa shape index (κ3) is 2.57. The number of benzene rings is 1. The van der Waals surface area contributed by atoms with Crippen molar-refractivity contribution in [2.75, 3.05) is 19.1 Å². The number of nitrogens with one attached hydrogen (secondary N) is 1. The number of hydrogen-bond acceptors (Lipinski definition) is 4. The highest BCUT2D eigenvalue weighted by molar-refractivity contribution is 6.30. The zero-order valence-corrected chi connectivity index (χ0v) is 13.0. The second-order valence-electron chi connectivity index (χ2n) is 5.44. The van der Waals surface area contributed by atoms with E-state index in [9.17, 15) is 9.59 Å². The minimum absolute atomic E-state index is 0.127. The molecule has 0 aromatic heterocycles. The van der Waals surface area contributed by atoms with Crippen molar-refractivity contribution in [1.82, 2.24) is 4.90 Å². The number of allylic oxidation sites excluding steroid dienone is 2. The number of methoxy groups -OCH3 is 1. The zero-order valence-electron chi connectivity index (χ0n) is 12.2. The summed E-state index contributed by atoms with van der Waals surface area (Å²) >= 11 is 6.00. The van der Waals surface area contributed by atoms with Gasteiger partial charge in [0.25, 0.3) is 0 Å². The van der Waals surface area contributed by atoms with Gasteiger partial charge in [0.05, 0.1) is 31.3 Å². The minimum atomic E-state index is -0.315. The highest BCUT2D eigenvalue weighted by Gasteiger charge is 2.48. The van der Waals surface area contributed by atoms with Crippen molar-refractivity contribution in [3.63, 3.8) is 0 Å². The maximum absolute atomic E-state index is 12.4. The van der Waals surface area contributed by atoms with E-state index in [1.165, 1.54) is 4.90 Å². The van der Waals surface area contributed by atoms with Crippen molar-refractivity contribution in [3.8, 4) is 5.75 Å². The number of imide groups is 1. The number of halogens is 1. The van der Waals surface area contributed by atoms with Gasteiger partial charge in [0.2, 0.25) is 11.8 Å². The first-order chi connectivity index (χ1) is 10.6. The van der Waals surface area contributed by atoms with Crippen LogP contribution in [0.15, 0.2) is 35.4 Å². The number of ether oxygens (including phenoxy) is 1. The molecule has 0 spiro atoms. The van der Waals surface area contributed by atoms with Gasteiger partial charge < -0.3 is 10.1 Å².